The molecule has 1 aliphatic rings. The molecule has 1 fully saturated rings. The highest BCUT2D eigenvalue weighted by Crippen LogP contribution is 2.27. The van der Waals surface area contributed by atoms with E-state index in [1.807, 2.05) is 79.7 Å². The fourth-order valence-corrected chi connectivity index (χ4v) is 4.97. The molecule has 6 nitrogen and oxygen atoms in total. The van der Waals surface area contributed by atoms with Gasteiger partial charge in [0.2, 0.25) is 0 Å². The van der Waals surface area contributed by atoms with Crippen LogP contribution in [0.15, 0.2) is 114 Å². The number of hydrogen-bond donors (Lipinski definition) is 1. The number of nitrogens with one attached hydrogen (secondary N) is 1. The van der Waals surface area contributed by atoms with E-state index < -0.39 is 0 Å². The summed E-state index contributed by atoms with van der Waals surface area (Å²) in [5.74, 6) is -0.273. The van der Waals surface area contributed by atoms with Gasteiger partial charge in [0.15, 0.2) is 0 Å². The van der Waals surface area contributed by atoms with E-state index in [0.717, 1.165) is 76.6 Å². The van der Waals surface area contributed by atoms with E-state index in [1.54, 1.807) is 0 Å². The Morgan fingerprint density at radius 2 is 1.45 bits per heavy atom. The summed E-state index contributed by atoms with van der Waals surface area (Å²) in [4.78, 5) is 20.6. The van der Waals surface area contributed by atoms with Crippen LogP contribution in [0.1, 0.15) is 22.8 Å². The average Bonchev–Trinajstić information content (AvgIpc) is 3.04. The van der Waals surface area contributed by atoms with Gasteiger partial charge in [-0.25, -0.2) is 10.4 Å². The molecule has 0 radical (unpaired) electrons. The molecular weight excluding hydrogens is 496 g/mol. The number of morpholine rings is 1. The molecule has 6 heteroatoms. The molecule has 198 valence electrons. The third-order valence-corrected chi connectivity index (χ3v) is 7.24. The zero-order valence-corrected chi connectivity index (χ0v) is 22.4. The Bertz CT molecular complexity index is 1660. The van der Waals surface area contributed by atoms with Crippen molar-refractivity contribution in [2.24, 2.45) is 5.10 Å². The highest BCUT2D eigenvalue weighted by atomic mass is 16.5. The van der Waals surface area contributed by atoms with Gasteiger partial charge in [0, 0.05) is 29.7 Å². The number of carbonyl (C=O) groups excluding carboxylic acids is 1. The average molecular weight is 527 g/mol. The summed E-state index contributed by atoms with van der Waals surface area (Å²) in [5.41, 5.74) is 10.9. The summed E-state index contributed by atoms with van der Waals surface area (Å²) in [6.07, 6.45) is 0. The Kier molecular flexibility index (Phi) is 7.33. The first-order valence-corrected chi connectivity index (χ1v) is 13.5. The first-order chi connectivity index (χ1) is 19.7. The van der Waals surface area contributed by atoms with Gasteiger partial charge < -0.3 is 9.64 Å². The minimum atomic E-state index is -0.273. The molecule has 0 bridgehead atoms. The summed E-state index contributed by atoms with van der Waals surface area (Å²) in [5, 5.41) is 5.21. The number of benzene rings is 4. The van der Waals surface area contributed by atoms with E-state index in [9.17, 15) is 4.79 Å². The molecule has 0 saturated carbocycles. The zero-order chi connectivity index (χ0) is 27.3. The van der Waals surface area contributed by atoms with Gasteiger partial charge in [-0.1, -0.05) is 84.9 Å². The van der Waals surface area contributed by atoms with Crippen LogP contribution in [0.3, 0.4) is 0 Å². The summed E-state index contributed by atoms with van der Waals surface area (Å²) < 4.78 is 5.45. The van der Waals surface area contributed by atoms with Crippen LogP contribution in [0.2, 0.25) is 0 Å². The van der Waals surface area contributed by atoms with Crippen LogP contribution in [0.4, 0.5) is 5.69 Å². The number of fused-ring (bicyclic) bond motifs is 1. The Balaban J connectivity index is 1.24. The lowest BCUT2D eigenvalue weighted by atomic mass is 10.0. The van der Waals surface area contributed by atoms with E-state index in [2.05, 4.69) is 51.8 Å². The van der Waals surface area contributed by atoms with E-state index >= 15 is 0 Å². The zero-order valence-electron chi connectivity index (χ0n) is 22.4. The maximum Gasteiger partial charge on any atom is 0.272 e. The first kappa shape index (κ1) is 25.5. The molecule has 1 aromatic heterocycles. The van der Waals surface area contributed by atoms with E-state index in [1.165, 1.54) is 0 Å². The maximum absolute atomic E-state index is 13.4. The number of amides is 1. The quantitative estimate of drug-likeness (QED) is 0.201. The number of hydrazone groups is 1. The number of nitrogens with zero attached hydrogens (tertiary/aromatic N) is 3. The number of rotatable bonds is 6. The van der Waals surface area contributed by atoms with Crippen molar-refractivity contribution in [3.05, 3.63) is 120 Å². The summed E-state index contributed by atoms with van der Waals surface area (Å²) in [6.45, 7) is 5.18. The fraction of sp³-hybridized carbons (Fsp3) is 0.147. The minimum Gasteiger partial charge on any atom is -0.378 e. The third-order valence-electron chi connectivity index (χ3n) is 7.24. The lowest BCUT2D eigenvalue weighted by molar-refractivity contribution is 0.0956. The van der Waals surface area contributed by atoms with Crippen molar-refractivity contribution in [1.82, 2.24) is 10.4 Å². The van der Waals surface area contributed by atoms with Gasteiger partial charge in [-0.3, -0.25) is 4.79 Å². The number of para-hydroxylation sites is 1. The highest BCUT2D eigenvalue weighted by Gasteiger charge is 2.15. The molecule has 0 atom stereocenters. The number of hydrogen-bond acceptors (Lipinski definition) is 5. The Morgan fingerprint density at radius 1 is 0.800 bits per heavy atom. The van der Waals surface area contributed by atoms with Crippen molar-refractivity contribution in [3.63, 3.8) is 0 Å². The Morgan fingerprint density at radius 3 is 2.20 bits per heavy atom. The molecule has 1 saturated heterocycles. The van der Waals surface area contributed by atoms with Crippen LogP contribution >= 0.6 is 0 Å². The smallest absolute Gasteiger partial charge is 0.272 e. The van der Waals surface area contributed by atoms with Crippen LogP contribution in [0, 0.1) is 0 Å². The normalized spacial score (nSPS) is 13.8. The second-order valence-electron chi connectivity index (χ2n) is 9.80. The first-order valence-electron chi connectivity index (χ1n) is 13.5. The molecule has 5 aromatic rings. The summed E-state index contributed by atoms with van der Waals surface area (Å²) in [6, 6.07) is 36.3. The van der Waals surface area contributed by atoms with Crippen molar-refractivity contribution < 1.29 is 9.53 Å². The molecule has 0 aliphatic carbocycles. The van der Waals surface area contributed by atoms with E-state index in [0.29, 0.717) is 5.56 Å². The number of anilines is 1. The highest BCUT2D eigenvalue weighted by molar-refractivity contribution is 6.08. The fourth-order valence-electron chi connectivity index (χ4n) is 4.97. The molecule has 0 spiro atoms. The van der Waals surface area contributed by atoms with E-state index in [4.69, 9.17) is 9.72 Å². The van der Waals surface area contributed by atoms with Crippen LogP contribution in [-0.2, 0) is 4.74 Å². The number of pyridine rings is 1. The van der Waals surface area contributed by atoms with Crippen LogP contribution < -0.4 is 10.3 Å². The van der Waals surface area contributed by atoms with Crippen LogP contribution in [-0.4, -0.2) is 42.9 Å². The molecule has 1 amide bonds. The second-order valence-corrected chi connectivity index (χ2v) is 9.80. The molecule has 1 aliphatic heterocycles. The second kappa shape index (κ2) is 11.5. The molecule has 4 aromatic carbocycles. The van der Waals surface area contributed by atoms with Gasteiger partial charge in [0.25, 0.3) is 5.91 Å². The molecule has 0 unspecified atom stereocenters. The molecule has 40 heavy (non-hydrogen) atoms. The van der Waals surface area contributed by atoms with Gasteiger partial charge >= 0.3 is 0 Å². The van der Waals surface area contributed by atoms with Gasteiger partial charge in [-0.05, 0) is 47.9 Å². The van der Waals surface area contributed by atoms with Crippen LogP contribution in [0.25, 0.3) is 33.3 Å². The van der Waals surface area contributed by atoms with Gasteiger partial charge in [0.05, 0.1) is 35.7 Å². The molecule has 1 N–H and O–H groups in total. The van der Waals surface area contributed by atoms with Crippen molar-refractivity contribution in [2.45, 2.75) is 6.92 Å². The monoisotopic (exact) mass is 526 g/mol. The minimum absolute atomic E-state index is 0.273. The summed E-state index contributed by atoms with van der Waals surface area (Å²) in [7, 11) is 0. The number of ether oxygens (including phenoxy) is 1. The van der Waals surface area contributed by atoms with Crippen molar-refractivity contribution >= 4 is 28.2 Å². The Hall–Kier alpha value is -4.81. The van der Waals surface area contributed by atoms with Gasteiger partial charge in [-0.15, -0.1) is 0 Å². The molecule has 6 rings (SSSR count). The number of aromatic nitrogens is 1. The standard InChI is InChI=1S/C34H30N4O2/c1-24(25-15-17-29(18-16-25)38-19-21-40-22-20-38)36-37-34(39)31-23-33(35-32-10-6-5-9-30(31)32)28-13-11-27(12-14-28)26-7-3-2-4-8-26/h2-18,23H,19-22H2,1H3,(H,37,39). The van der Waals surface area contributed by atoms with Crippen LogP contribution in [0.5, 0.6) is 0 Å². The molecular formula is C34H30N4O2. The predicted octanol–water partition coefficient (Wildman–Crippen LogP) is 6.56. The maximum atomic E-state index is 13.4. The van der Waals surface area contributed by atoms with Crippen molar-refractivity contribution in [3.8, 4) is 22.4 Å². The number of carbonyl (C=O) groups is 1. The van der Waals surface area contributed by atoms with Crippen molar-refractivity contribution in [1.29, 1.82) is 0 Å². The summed E-state index contributed by atoms with van der Waals surface area (Å²) >= 11 is 0. The van der Waals surface area contributed by atoms with Gasteiger partial charge in [-0.2, -0.15) is 5.10 Å². The topological polar surface area (TPSA) is 66.8 Å². The van der Waals surface area contributed by atoms with E-state index in [-0.39, 0.29) is 5.91 Å². The largest absolute Gasteiger partial charge is 0.378 e. The lowest BCUT2D eigenvalue weighted by Gasteiger charge is -2.28. The predicted molar refractivity (Wildman–Crippen MR) is 162 cm³/mol. The SMILES string of the molecule is CC(=NNC(=O)c1cc(-c2ccc(-c3ccccc3)cc2)nc2ccccc12)c1ccc(N2CCOCC2)cc1. The Labute approximate surface area is 234 Å². The molecule has 2 heterocycles. The third kappa shape index (κ3) is 5.48. The van der Waals surface area contributed by atoms with Crippen molar-refractivity contribution in [2.75, 3.05) is 31.2 Å². The lowest BCUT2D eigenvalue weighted by Crippen LogP contribution is -2.36. The van der Waals surface area contributed by atoms with Gasteiger partial charge in [0.1, 0.15) is 0 Å².